The van der Waals surface area contributed by atoms with Crippen molar-refractivity contribution in [3.63, 3.8) is 0 Å². The predicted molar refractivity (Wildman–Crippen MR) is 76.7 cm³/mol. The van der Waals surface area contributed by atoms with Crippen molar-refractivity contribution in [2.75, 3.05) is 18.1 Å². The van der Waals surface area contributed by atoms with Gasteiger partial charge in [0.25, 0.3) is 5.91 Å². The first-order chi connectivity index (χ1) is 10.2. The average Bonchev–Trinajstić information content (AvgIpc) is 2.43. The Labute approximate surface area is 127 Å². The molecule has 2 N–H and O–H groups in total. The molecule has 1 aliphatic rings. The topological polar surface area (TPSA) is 55.6 Å². The van der Waals surface area contributed by atoms with Gasteiger partial charge in [-0.1, -0.05) is 19.9 Å². The van der Waals surface area contributed by atoms with Gasteiger partial charge >= 0.3 is 6.18 Å². The fraction of sp³-hybridized carbons (Fsp3) is 0.533. The van der Waals surface area contributed by atoms with Gasteiger partial charge < -0.3 is 15.4 Å². The van der Waals surface area contributed by atoms with Crippen molar-refractivity contribution in [2.45, 2.75) is 32.5 Å². The average molecular weight is 316 g/mol. The van der Waals surface area contributed by atoms with E-state index in [0.29, 0.717) is 23.9 Å². The summed E-state index contributed by atoms with van der Waals surface area (Å²) in [6.45, 7) is 4.37. The summed E-state index contributed by atoms with van der Waals surface area (Å²) in [7, 11) is 0. The normalized spacial score (nSPS) is 16.5. The van der Waals surface area contributed by atoms with Crippen molar-refractivity contribution < 1.29 is 22.7 Å². The standard InChI is InChI=1S/C15H19F3N2O2/c1-9(2)5-6-20-11-7-10(14(19)15(16,17)18)3-4-12(11)22-8-13(20)21/h3-4,7,9,14H,5-6,8,19H2,1-2H3. The first-order valence-electron chi connectivity index (χ1n) is 7.09. The number of hydrogen-bond acceptors (Lipinski definition) is 3. The number of nitrogens with zero attached hydrogens (tertiary/aromatic N) is 1. The van der Waals surface area contributed by atoms with Gasteiger partial charge in [-0.2, -0.15) is 13.2 Å². The SMILES string of the molecule is CC(C)CCN1C(=O)COc2ccc(C(N)C(F)(F)F)cc21. The number of hydrogen-bond donors (Lipinski definition) is 1. The molecule has 0 saturated carbocycles. The Morgan fingerprint density at radius 1 is 1.36 bits per heavy atom. The van der Waals surface area contributed by atoms with E-state index in [1.54, 1.807) is 0 Å². The zero-order valence-electron chi connectivity index (χ0n) is 12.5. The van der Waals surface area contributed by atoms with Crippen molar-refractivity contribution >= 4 is 11.6 Å². The van der Waals surface area contributed by atoms with E-state index in [9.17, 15) is 18.0 Å². The molecule has 7 heteroatoms. The van der Waals surface area contributed by atoms with E-state index < -0.39 is 12.2 Å². The summed E-state index contributed by atoms with van der Waals surface area (Å²) < 4.78 is 43.6. The maximum atomic E-state index is 12.8. The molecule has 0 aliphatic carbocycles. The van der Waals surface area contributed by atoms with Crippen LogP contribution in [0.3, 0.4) is 0 Å². The number of rotatable bonds is 4. The van der Waals surface area contributed by atoms with Crippen LogP contribution >= 0.6 is 0 Å². The molecular formula is C15H19F3N2O2. The Hall–Kier alpha value is -1.76. The Morgan fingerprint density at radius 3 is 2.64 bits per heavy atom. The van der Waals surface area contributed by atoms with Gasteiger partial charge in [0.1, 0.15) is 11.8 Å². The van der Waals surface area contributed by atoms with Crippen LogP contribution in [0.4, 0.5) is 18.9 Å². The third-order valence-corrected chi connectivity index (χ3v) is 3.57. The van der Waals surface area contributed by atoms with Crippen molar-refractivity contribution in [1.29, 1.82) is 0 Å². The van der Waals surface area contributed by atoms with Crippen LogP contribution in [-0.4, -0.2) is 25.2 Å². The second kappa shape index (κ2) is 6.16. The maximum absolute atomic E-state index is 12.8. The van der Waals surface area contributed by atoms with Crippen LogP contribution in [0.2, 0.25) is 0 Å². The summed E-state index contributed by atoms with van der Waals surface area (Å²) in [5.74, 6) is 0.520. The van der Waals surface area contributed by atoms with Crippen LogP contribution in [0, 0.1) is 5.92 Å². The molecule has 1 aromatic rings. The third kappa shape index (κ3) is 3.52. The number of nitrogens with two attached hydrogens (primary N) is 1. The second-order valence-corrected chi connectivity index (χ2v) is 5.76. The zero-order valence-corrected chi connectivity index (χ0v) is 12.5. The largest absolute Gasteiger partial charge is 0.482 e. The van der Waals surface area contributed by atoms with Crippen molar-refractivity contribution in [3.05, 3.63) is 23.8 Å². The lowest BCUT2D eigenvalue weighted by Crippen LogP contribution is -2.40. The molecule has 1 atom stereocenters. The molecule has 1 amide bonds. The number of amides is 1. The summed E-state index contributed by atoms with van der Waals surface area (Å²) in [6, 6.07) is 1.94. The highest BCUT2D eigenvalue weighted by Crippen LogP contribution is 2.38. The minimum absolute atomic E-state index is 0.0842. The number of fused-ring (bicyclic) bond motifs is 1. The molecule has 0 fully saturated rings. The molecule has 4 nitrogen and oxygen atoms in total. The molecule has 0 radical (unpaired) electrons. The van der Waals surface area contributed by atoms with Crippen LogP contribution < -0.4 is 15.4 Å². The molecule has 1 aromatic carbocycles. The van der Waals surface area contributed by atoms with Crippen molar-refractivity contribution in [2.24, 2.45) is 11.7 Å². The Bertz CT molecular complexity index is 558. The Balaban J connectivity index is 2.33. The van der Waals surface area contributed by atoms with Crippen molar-refractivity contribution in [3.8, 4) is 5.75 Å². The minimum Gasteiger partial charge on any atom is -0.482 e. The van der Waals surface area contributed by atoms with Crippen molar-refractivity contribution in [1.82, 2.24) is 0 Å². The van der Waals surface area contributed by atoms with E-state index in [-0.39, 0.29) is 18.1 Å². The molecule has 22 heavy (non-hydrogen) atoms. The van der Waals surface area contributed by atoms with Gasteiger partial charge in [-0.3, -0.25) is 4.79 Å². The number of halogens is 3. The number of ether oxygens (including phenoxy) is 1. The molecule has 122 valence electrons. The molecule has 1 aliphatic heterocycles. The van der Waals surface area contributed by atoms with Gasteiger partial charge in [0, 0.05) is 6.54 Å². The van der Waals surface area contributed by atoms with Gasteiger partial charge in [0.15, 0.2) is 6.61 Å². The minimum atomic E-state index is -4.53. The van der Waals surface area contributed by atoms with E-state index >= 15 is 0 Å². The first-order valence-corrected chi connectivity index (χ1v) is 7.09. The molecular weight excluding hydrogens is 297 g/mol. The van der Waals surface area contributed by atoms with Gasteiger partial charge in [0.2, 0.25) is 0 Å². The van der Waals surface area contributed by atoms with E-state index in [1.807, 2.05) is 13.8 Å². The fourth-order valence-corrected chi connectivity index (χ4v) is 2.23. The van der Waals surface area contributed by atoms with E-state index in [1.165, 1.54) is 23.1 Å². The van der Waals surface area contributed by atoms with Crippen LogP contribution in [0.5, 0.6) is 5.75 Å². The maximum Gasteiger partial charge on any atom is 0.407 e. The highest BCUT2D eigenvalue weighted by Gasteiger charge is 2.38. The highest BCUT2D eigenvalue weighted by molar-refractivity contribution is 5.97. The molecule has 0 spiro atoms. The Kier molecular flexibility index (Phi) is 4.65. The van der Waals surface area contributed by atoms with Gasteiger partial charge in [-0.05, 0) is 30.0 Å². The monoisotopic (exact) mass is 316 g/mol. The molecule has 0 saturated heterocycles. The lowest BCUT2D eigenvalue weighted by atomic mass is 10.0. The van der Waals surface area contributed by atoms with Crippen LogP contribution in [0.15, 0.2) is 18.2 Å². The quantitative estimate of drug-likeness (QED) is 0.929. The second-order valence-electron chi connectivity index (χ2n) is 5.76. The van der Waals surface area contributed by atoms with E-state index in [4.69, 9.17) is 10.5 Å². The zero-order chi connectivity index (χ0) is 16.5. The van der Waals surface area contributed by atoms with E-state index in [0.717, 1.165) is 6.42 Å². The summed E-state index contributed by atoms with van der Waals surface area (Å²) in [6.07, 6.45) is -3.78. The van der Waals surface area contributed by atoms with Gasteiger partial charge in [-0.25, -0.2) is 0 Å². The lowest BCUT2D eigenvalue weighted by molar-refractivity contribution is -0.149. The molecule has 0 aromatic heterocycles. The smallest absolute Gasteiger partial charge is 0.407 e. The van der Waals surface area contributed by atoms with Crippen LogP contribution in [0.1, 0.15) is 31.9 Å². The van der Waals surface area contributed by atoms with Gasteiger partial charge in [0.05, 0.1) is 5.69 Å². The first kappa shape index (κ1) is 16.6. The van der Waals surface area contributed by atoms with Crippen LogP contribution in [0.25, 0.3) is 0 Å². The fourth-order valence-electron chi connectivity index (χ4n) is 2.23. The Morgan fingerprint density at radius 2 is 2.05 bits per heavy atom. The molecule has 0 bridgehead atoms. The van der Waals surface area contributed by atoms with Gasteiger partial charge in [-0.15, -0.1) is 0 Å². The summed E-state index contributed by atoms with van der Waals surface area (Å²) in [4.78, 5) is 13.5. The summed E-state index contributed by atoms with van der Waals surface area (Å²) in [5, 5.41) is 0. The van der Waals surface area contributed by atoms with Crippen LogP contribution in [-0.2, 0) is 4.79 Å². The number of carbonyl (C=O) groups is 1. The summed E-state index contributed by atoms with van der Waals surface area (Å²) >= 11 is 0. The number of benzene rings is 1. The number of carbonyl (C=O) groups excluding carboxylic acids is 1. The van der Waals surface area contributed by atoms with E-state index in [2.05, 4.69) is 0 Å². The molecule has 2 rings (SSSR count). The molecule has 1 heterocycles. The third-order valence-electron chi connectivity index (χ3n) is 3.57. The lowest BCUT2D eigenvalue weighted by Gasteiger charge is -2.31. The molecule has 1 unspecified atom stereocenters. The number of anilines is 1. The number of alkyl halides is 3. The highest BCUT2D eigenvalue weighted by atomic mass is 19.4. The summed E-state index contributed by atoms with van der Waals surface area (Å²) in [5.41, 5.74) is 5.51. The predicted octanol–water partition coefficient (Wildman–Crippen LogP) is 3.02.